The number of ketones is 2. The number of fused-ring (bicyclic) bond motifs is 2. The van der Waals surface area contributed by atoms with Crippen molar-refractivity contribution in [3.8, 4) is 16.6 Å². The van der Waals surface area contributed by atoms with E-state index >= 15 is 0 Å². The van der Waals surface area contributed by atoms with Crippen molar-refractivity contribution in [2.45, 2.75) is 32.1 Å². The number of aryl methyl sites for hydroxylation is 1. The summed E-state index contributed by atoms with van der Waals surface area (Å²) in [6, 6.07) is 7.23. The lowest BCUT2D eigenvalue weighted by molar-refractivity contribution is -0.136. The van der Waals surface area contributed by atoms with E-state index in [1.165, 1.54) is 11.3 Å². The monoisotopic (exact) mass is 370 g/mol. The zero-order chi connectivity index (χ0) is 17.7. The molecule has 6 heteroatoms. The van der Waals surface area contributed by atoms with Crippen molar-refractivity contribution in [2.75, 3.05) is 0 Å². The van der Waals surface area contributed by atoms with Gasteiger partial charge in [-0.3, -0.25) is 9.59 Å². The van der Waals surface area contributed by atoms with E-state index in [0.29, 0.717) is 27.7 Å². The third-order valence-corrected chi connectivity index (χ3v) is 6.61. The molecule has 4 rings (SSSR count). The number of Topliss-reactive ketones (excluding diaryl/α,β-unsaturated/α-hetero) is 2. The van der Waals surface area contributed by atoms with E-state index in [4.69, 9.17) is 16.9 Å². The first kappa shape index (κ1) is 16.4. The Hall–Kier alpha value is -2.03. The molecule has 2 aliphatic carbocycles. The lowest BCUT2D eigenvalue weighted by Gasteiger charge is -2.24. The topological polar surface area (TPSA) is 70.8 Å². The highest BCUT2D eigenvalue weighted by Gasteiger charge is 2.48. The van der Waals surface area contributed by atoms with Gasteiger partial charge in [0.1, 0.15) is 17.0 Å². The van der Waals surface area contributed by atoms with Gasteiger partial charge in [-0.25, -0.2) is 4.98 Å². The van der Waals surface area contributed by atoms with E-state index in [-0.39, 0.29) is 23.4 Å². The van der Waals surface area contributed by atoms with Crippen LogP contribution in [0.4, 0.5) is 0 Å². The van der Waals surface area contributed by atoms with Gasteiger partial charge in [0, 0.05) is 22.3 Å². The summed E-state index contributed by atoms with van der Waals surface area (Å²) in [7, 11) is 0. The number of aromatic nitrogens is 1. The molecule has 0 saturated heterocycles. The molecular formula is C19H15ClN2O2S. The zero-order valence-electron chi connectivity index (χ0n) is 13.6. The molecule has 0 radical (unpaired) electrons. The third kappa shape index (κ3) is 2.61. The van der Waals surface area contributed by atoms with Crippen LogP contribution < -0.4 is 0 Å². The quantitative estimate of drug-likeness (QED) is 0.739. The maximum atomic E-state index is 12.7. The number of nitrogens with zero attached hydrogens (tertiary/aromatic N) is 2. The minimum atomic E-state index is -0.709. The van der Waals surface area contributed by atoms with Gasteiger partial charge in [0.25, 0.3) is 0 Å². The lowest BCUT2D eigenvalue weighted by atomic mass is 9.77. The highest BCUT2D eigenvalue weighted by Crippen LogP contribution is 2.45. The minimum absolute atomic E-state index is 0.0120. The molecule has 126 valence electrons. The summed E-state index contributed by atoms with van der Waals surface area (Å²) in [4.78, 5) is 31.0. The Labute approximate surface area is 154 Å². The summed E-state index contributed by atoms with van der Waals surface area (Å²) in [5.41, 5.74) is 1.76. The molecule has 2 unspecified atom stereocenters. The zero-order valence-corrected chi connectivity index (χ0v) is 15.2. The number of rotatable bonds is 2. The van der Waals surface area contributed by atoms with Gasteiger partial charge in [-0.15, -0.1) is 11.3 Å². The summed E-state index contributed by atoms with van der Waals surface area (Å²) in [6.07, 6.45) is 2.36. The van der Waals surface area contributed by atoms with Crippen LogP contribution in [-0.2, 0) is 9.59 Å². The second-order valence-corrected chi connectivity index (χ2v) is 8.32. The maximum Gasteiger partial charge on any atom is 0.152 e. The largest absolute Gasteiger partial charge is 0.298 e. The van der Waals surface area contributed by atoms with E-state index < -0.39 is 5.92 Å². The van der Waals surface area contributed by atoms with Gasteiger partial charge < -0.3 is 0 Å². The summed E-state index contributed by atoms with van der Waals surface area (Å²) < 4.78 is 0. The molecule has 2 atom stereocenters. The second-order valence-electron chi connectivity index (χ2n) is 6.71. The van der Waals surface area contributed by atoms with Crippen LogP contribution in [-0.4, -0.2) is 16.6 Å². The Morgan fingerprint density at radius 2 is 1.92 bits per heavy atom. The molecule has 2 aliphatic rings. The molecule has 25 heavy (non-hydrogen) atoms. The normalized spacial score (nSPS) is 25.2. The van der Waals surface area contributed by atoms with E-state index in [1.807, 2.05) is 6.92 Å². The van der Waals surface area contributed by atoms with Crippen molar-refractivity contribution < 1.29 is 9.59 Å². The molecule has 0 amide bonds. The third-order valence-electron chi connectivity index (χ3n) is 5.25. The Morgan fingerprint density at radius 3 is 2.56 bits per heavy atom. The van der Waals surface area contributed by atoms with Crippen molar-refractivity contribution in [1.29, 1.82) is 5.26 Å². The van der Waals surface area contributed by atoms with Crippen LogP contribution in [0.1, 0.15) is 41.3 Å². The number of thiazole rings is 1. The van der Waals surface area contributed by atoms with E-state index in [1.54, 1.807) is 18.2 Å². The van der Waals surface area contributed by atoms with Crippen molar-refractivity contribution in [3.05, 3.63) is 39.4 Å². The molecule has 0 spiro atoms. The standard InChI is InChI=1S/C19H15ClN2O2S/c1-9-16(15-17(23)10-2-3-11(6-10)18(15)24)22-19(25-9)12-4-5-14(20)13(7-12)8-21/h4-5,7,10-11,15H,2-3,6H2,1H3. The Bertz CT molecular complexity index is 921. The SMILES string of the molecule is Cc1sc(-c2ccc(Cl)c(C#N)c2)nc1C1C(=O)C2CCC(C2)C1=O. The van der Waals surface area contributed by atoms with Crippen LogP contribution in [0.25, 0.3) is 10.6 Å². The van der Waals surface area contributed by atoms with E-state index in [9.17, 15) is 9.59 Å². The predicted octanol–water partition coefficient (Wildman–Crippen LogP) is 4.30. The molecule has 1 aromatic heterocycles. The van der Waals surface area contributed by atoms with Crippen LogP contribution in [0.15, 0.2) is 18.2 Å². The molecule has 1 heterocycles. The maximum absolute atomic E-state index is 12.7. The highest BCUT2D eigenvalue weighted by molar-refractivity contribution is 7.15. The van der Waals surface area contributed by atoms with Crippen LogP contribution >= 0.6 is 22.9 Å². The molecule has 2 aromatic rings. The van der Waals surface area contributed by atoms with Crippen molar-refractivity contribution >= 4 is 34.5 Å². The molecular weight excluding hydrogens is 356 g/mol. The fraction of sp³-hybridized carbons (Fsp3) is 0.368. The van der Waals surface area contributed by atoms with E-state index in [2.05, 4.69) is 11.1 Å². The van der Waals surface area contributed by atoms with Gasteiger partial charge in [-0.1, -0.05) is 17.7 Å². The van der Waals surface area contributed by atoms with Gasteiger partial charge in [0.15, 0.2) is 11.6 Å². The van der Waals surface area contributed by atoms with Gasteiger partial charge in [-0.2, -0.15) is 5.26 Å². The Kier molecular flexibility index (Phi) is 3.98. The van der Waals surface area contributed by atoms with Crippen LogP contribution in [0.5, 0.6) is 0 Å². The molecule has 2 bridgehead atoms. The van der Waals surface area contributed by atoms with Gasteiger partial charge in [0.05, 0.1) is 16.3 Å². The number of hydrogen-bond acceptors (Lipinski definition) is 5. The van der Waals surface area contributed by atoms with Crippen molar-refractivity contribution in [2.24, 2.45) is 11.8 Å². The second kappa shape index (κ2) is 6.05. The van der Waals surface area contributed by atoms with Gasteiger partial charge in [0.2, 0.25) is 0 Å². The molecule has 0 N–H and O–H groups in total. The summed E-state index contributed by atoms with van der Waals surface area (Å²) >= 11 is 7.44. The van der Waals surface area contributed by atoms with Crippen molar-refractivity contribution in [3.63, 3.8) is 0 Å². The fourth-order valence-electron chi connectivity index (χ4n) is 3.92. The molecule has 2 saturated carbocycles. The smallest absolute Gasteiger partial charge is 0.152 e. The number of carbonyl (C=O) groups excluding carboxylic acids is 2. The molecule has 0 aliphatic heterocycles. The minimum Gasteiger partial charge on any atom is -0.298 e. The first-order valence-corrected chi connectivity index (χ1v) is 9.44. The first-order valence-electron chi connectivity index (χ1n) is 8.24. The lowest BCUT2D eigenvalue weighted by Crippen LogP contribution is -2.35. The Balaban J connectivity index is 1.75. The van der Waals surface area contributed by atoms with Gasteiger partial charge >= 0.3 is 0 Å². The number of benzene rings is 1. The number of nitriles is 1. The number of hydrogen-bond donors (Lipinski definition) is 0. The number of carbonyl (C=O) groups is 2. The summed E-state index contributed by atoms with van der Waals surface area (Å²) in [5, 5.41) is 10.3. The fourth-order valence-corrected chi connectivity index (χ4v) is 5.03. The van der Waals surface area contributed by atoms with Gasteiger partial charge in [-0.05, 0) is 38.3 Å². The highest BCUT2D eigenvalue weighted by atomic mass is 35.5. The average molecular weight is 371 g/mol. The predicted molar refractivity (Wildman–Crippen MR) is 95.6 cm³/mol. The average Bonchev–Trinajstić information content (AvgIpc) is 3.20. The molecule has 1 aromatic carbocycles. The van der Waals surface area contributed by atoms with Crippen LogP contribution in [0.2, 0.25) is 5.02 Å². The molecule has 2 fully saturated rings. The van der Waals surface area contributed by atoms with Crippen LogP contribution in [0.3, 0.4) is 0 Å². The van der Waals surface area contributed by atoms with Crippen molar-refractivity contribution in [1.82, 2.24) is 4.98 Å². The first-order chi connectivity index (χ1) is 12.0. The van der Waals surface area contributed by atoms with E-state index in [0.717, 1.165) is 23.3 Å². The summed E-state index contributed by atoms with van der Waals surface area (Å²) in [6.45, 7) is 1.90. The number of halogens is 1. The van der Waals surface area contributed by atoms with Crippen LogP contribution in [0, 0.1) is 30.1 Å². The summed E-state index contributed by atoms with van der Waals surface area (Å²) in [5.74, 6) is -0.616. The Morgan fingerprint density at radius 1 is 1.24 bits per heavy atom. The molecule has 4 nitrogen and oxygen atoms in total.